The number of hydrogen-bond acceptors (Lipinski definition) is 4. The summed E-state index contributed by atoms with van der Waals surface area (Å²) in [5, 5.41) is 19.3. The molecule has 1 aromatic heterocycles. The van der Waals surface area contributed by atoms with Crippen molar-refractivity contribution >= 4 is 17.2 Å². The van der Waals surface area contributed by atoms with Crippen LogP contribution in [0.1, 0.15) is 18.6 Å². The monoisotopic (exact) mass is 228 g/mol. The first-order valence-corrected chi connectivity index (χ1v) is 5.79. The largest absolute Gasteiger partial charge is 0.387 e. The Morgan fingerprint density at radius 3 is 3.00 bits per heavy atom. The maximum Gasteiger partial charge on any atom is 0.216 e. The Morgan fingerprint density at radius 1 is 1.60 bits per heavy atom. The van der Waals surface area contributed by atoms with Crippen LogP contribution in [0, 0.1) is 0 Å². The predicted molar refractivity (Wildman–Crippen MR) is 60.8 cm³/mol. The molecule has 0 bridgehead atoms. The van der Waals surface area contributed by atoms with E-state index in [2.05, 4.69) is 10.6 Å². The first-order valence-electron chi connectivity index (χ1n) is 4.85. The standard InChI is InChI=1S/C10H16N2O2S/c1-8(13)12-4-3-11-6-10(14)9-2-5-15-7-9/h2,5,7,10-11,14H,3-4,6H2,1H3,(H,12,13). The molecule has 5 heteroatoms. The number of carbonyl (C=O) groups excluding carboxylic acids is 1. The van der Waals surface area contributed by atoms with E-state index >= 15 is 0 Å². The first kappa shape index (κ1) is 12.2. The molecule has 0 aromatic carbocycles. The summed E-state index contributed by atoms with van der Waals surface area (Å²) in [6.45, 7) is 3.25. The molecule has 1 unspecified atom stereocenters. The fourth-order valence-electron chi connectivity index (χ4n) is 1.15. The summed E-state index contributed by atoms with van der Waals surface area (Å²) < 4.78 is 0. The van der Waals surface area contributed by atoms with E-state index in [1.54, 1.807) is 11.3 Å². The van der Waals surface area contributed by atoms with E-state index < -0.39 is 6.10 Å². The Morgan fingerprint density at radius 2 is 2.40 bits per heavy atom. The van der Waals surface area contributed by atoms with Crippen LogP contribution in [0.2, 0.25) is 0 Å². The van der Waals surface area contributed by atoms with Gasteiger partial charge in [0.15, 0.2) is 0 Å². The van der Waals surface area contributed by atoms with Crippen LogP contribution in [0.25, 0.3) is 0 Å². The summed E-state index contributed by atoms with van der Waals surface area (Å²) in [7, 11) is 0. The van der Waals surface area contributed by atoms with Crippen LogP contribution in [0.5, 0.6) is 0 Å². The van der Waals surface area contributed by atoms with Crippen molar-refractivity contribution in [3.63, 3.8) is 0 Å². The van der Waals surface area contributed by atoms with Crippen LogP contribution in [0.3, 0.4) is 0 Å². The molecular weight excluding hydrogens is 212 g/mol. The molecule has 1 heterocycles. The van der Waals surface area contributed by atoms with E-state index in [-0.39, 0.29) is 5.91 Å². The lowest BCUT2D eigenvalue weighted by Crippen LogP contribution is -2.32. The molecule has 0 fully saturated rings. The zero-order valence-electron chi connectivity index (χ0n) is 8.69. The van der Waals surface area contributed by atoms with Gasteiger partial charge in [-0.3, -0.25) is 4.79 Å². The smallest absolute Gasteiger partial charge is 0.216 e. The second-order valence-corrected chi connectivity index (χ2v) is 4.04. The Hall–Kier alpha value is -0.910. The number of rotatable bonds is 6. The normalized spacial score (nSPS) is 12.4. The highest BCUT2D eigenvalue weighted by Gasteiger charge is 2.06. The van der Waals surface area contributed by atoms with E-state index in [9.17, 15) is 9.90 Å². The summed E-state index contributed by atoms with van der Waals surface area (Å²) in [5.74, 6) is -0.0322. The highest BCUT2D eigenvalue weighted by Crippen LogP contribution is 2.14. The molecule has 0 radical (unpaired) electrons. The zero-order valence-corrected chi connectivity index (χ0v) is 9.51. The molecule has 0 aliphatic heterocycles. The van der Waals surface area contributed by atoms with Crippen molar-refractivity contribution in [2.45, 2.75) is 13.0 Å². The van der Waals surface area contributed by atoms with Crippen LogP contribution in [0.4, 0.5) is 0 Å². The Balaban J connectivity index is 2.08. The number of hydrogen-bond donors (Lipinski definition) is 3. The van der Waals surface area contributed by atoms with E-state index in [4.69, 9.17) is 0 Å². The third-order valence-electron chi connectivity index (χ3n) is 1.94. The molecule has 15 heavy (non-hydrogen) atoms. The van der Waals surface area contributed by atoms with Gasteiger partial charge in [0.05, 0.1) is 6.10 Å². The first-order chi connectivity index (χ1) is 7.20. The van der Waals surface area contributed by atoms with Gasteiger partial charge in [0, 0.05) is 26.6 Å². The SMILES string of the molecule is CC(=O)NCCNCC(O)c1ccsc1. The molecule has 4 nitrogen and oxygen atoms in total. The minimum Gasteiger partial charge on any atom is -0.387 e. The van der Waals surface area contributed by atoms with Crippen molar-refractivity contribution in [1.82, 2.24) is 10.6 Å². The summed E-state index contributed by atoms with van der Waals surface area (Å²) in [6.07, 6.45) is -0.464. The van der Waals surface area contributed by atoms with Crippen molar-refractivity contribution in [2.24, 2.45) is 0 Å². The summed E-state index contributed by atoms with van der Waals surface area (Å²) in [6, 6.07) is 1.91. The maximum absolute atomic E-state index is 10.5. The highest BCUT2D eigenvalue weighted by molar-refractivity contribution is 7.07. The molecule has 1 atom stereocenters. The fraction of sp³-hybridized carbons (Fsp3) is 0.500. The van der Waals surface area contributed by atoms with Gasteiger partial charge in [-0.05, 0) is 22.4 Å². The minimum atomic E-state index is -0.464. The third kappa shape index (κ3) is 4.92. The van der Waals surface area contributed by atoms with Crippen LogP contribution in [-0.2, 0) is 4.79 Å². The summed E-state index contributed by atoms with van der Waals surface area (Å²) in [4.78, 5) is 10.5. The molecule has 0 spiro atoms. The molecule has 0 aliphatic carbocycles. The number of carbonyl (C=O) groups is 1. The predicted octanol–water partition coefficient (Wildman–Crippen LogP) is 0.507. The second-order valence-electron chi connectivity index (χ2n) is 3.26. The molecule has 0 saturated carbocycles. The minimum absolute atomic E-state index is 0.0322. The molecular formula is C10H16N2O2S. The summed E-state index contributed by atoms with van der Waals surface area (Å²) in [5.41, 5.74) is 0.937. The average molecular weight is 228 g/mol. The van der Waals surface area contributed by atoms with E-state index in [1.807, 2.05) is 16.8 Å². The van der Waals surface area contributed by atoms with Crippen molar-refractivity contribution in [3.8, 4) is 0 Å². The average Bonchev–Trinajstić information content (AvgIpc) is 2.69. The molecule has 0 saturated heterocycles. The van der Waals surface area contributed by atoms with Gasteiger partial charge in [0.1, 0.15) is 0 Å². The fourth-order valence-corrected chi connectivity index (χ4v) is 1.86. The molecule has 3 N–H and O–H groups in total. The Kier molecular flexibility index (Phi) is 5.31. The van der Waals surface area contributed by atoms with E-state index in [1.165, 1.54) is 6.92 Å². The molecule has 1 amide bonds. The number of aliphatic hydroxyl groups is 1. The van der Waals surface area contributed by atoms with Crippen molar-refractivity contribution < 1.29 is 9.90 Å². The number of aliphatic hydroxyl groups excluding tert-OH is 1. The molecule has 1 rings (SSSR count). The molecule has 0 aliphatic rings. The van der Waals surface area contributed by atoms with Gasteiger partial charge < -0.3 is 15.7 Å². The van der Waals surface area contributed by atoms with Crippen LogP contribution >= 0.6 is 11.3 Å². The zero-order chi connectivity index (χ0) is 11.1. The van der Waals surface area contributed by atoms with Crippen LogP contribution in [0.15, 0.2) is 16.8 Å². The van der Waals surface area contributed by atoms with Gasteiger partial charge in [-0.2, -0.15) is 11.3 Å². The van der Waals surface area contributed by atoms with Crippen LogP contribution in [-0.4, -0.2) is 30.6 Å². The maximum atomic E-state index is 10.5. The number of nitrogens with one attached hydrogen (secondary N) is 2. The van der Waals surface area contributed by atoms with Crippen molar-refractivity contribution in [2.75, 3.05) is 19.6 Å². The quantitative estimate of drug-likeness (QED) is 0.622. The summed E-state index contributed by atoms with van der Waals surface area (Å²) >= 11 is 1.57. The van der Waals surface area contributed by atoms with Crippen molar-refractivity contribution in [1.29, 1.82) is 0 Å². The Labute approximate surface area is 93.3 Å². The van der Waals surface area contributed by atoms with Gasteiger partial charge in [0.2, 0.25) is 5.91 Å². The lowest BCUT2D eigenvalue weighted by molar-refractivity contribution is -0.118. The van der Waals surface area contributed by atoms with Gasteiger partial charge >= 0.3 is 0 Å². The van der Waals surface area contributed by atoms with Gasteiger partial charge in [0.25, 0.3) is 0 Å². The van der Waals surface area contributed by atoms with E-state index in [0.29, 0.717) is 19.6 Å². The Bertz CT molecular complexity index is 288. The van der Waals surface area contributed by atoms with E-state index in [0.717, 1.165) is 5.56 Å². The third-order valence-corrected chi connectivity index (χ3v) is 2.64. The van der Waals surface area contributed by atoms with Gasteiger partial charge in [-0.25, -0.2) is 0 Å². The molecule has 1 aromatic rings. The number of amides is 1. The van der Waals surface area contributed by atoms with Gasteiger partial charge in [-0.15, -0.1) is 0 Å². The number of thiophene rings is 1. The van der Waals surface area contributed by atoms with Gasteiger partial charge in [-0.1, -0.05) is 0 Å². The van der Waals surface area contributed by atoms with Crippen LogP contribution < -0.4 is 10.6 Å². The molecule has 84 valence electrons. The second kappa shape index (κ2) is 6.55. The lowest BCUT2D eigenvalue weighted by atomic mass is 10.2. The highest BCUT2D eigenvalue weighted by atomic mass is 32.1. The topological polar surface area (TPSA) is 61.4 Å². The lowest BCUT2D eigenvalue weighted by Gasteiger charge is -2.10. The van der Waals surface area contributed by atoms with Crippen molar-refractivity contribution in [3.05, 3.63) is 22.4 Å².